The standard InChI is InChI=1S/C96H160N10O26P2/c1-60(2)31-21-32-61(3)33-22-34-62(4)35-23-36-63(5)37-24-38-64(6)39-25-40-65(7)41-26-42-66(8)43-27-44-67(9)45-28-46-68(10)47-29-48-69(11)49-30-50-70(12)54-56-126-133(122,123)132-134(124,125)131-96-84(104-76(18)110)88(87(80(59-108)129-96)130-95-83(103-75(17)109)86(114)85(113)79(58-107)128-95)127-74(16)92(118)100-72(14)91(117)106-77(89(98)115)52-53-81(111)105-78(51-19-20-55-99-82(112)57-97)93(119)101-71(13)90(116)102-73(15)94(120)121/h31,33,35,37,39,41,43,45,47,49,54,71-74,77-80,83-88,95-96,107-108,113-114H,19-30,32,34,36,38,40,42,44,46,48,50-53,55-59,97H2,1-18H3,(H2,98,115)(H,99,112)(H,100,118)(H,101,119)(H,102,116)(H,103,109)(H,104,110)(H,105,111)(H,106,117)(H,120,121)(H,122,123)(H,124,125)/b61-33+,62-35+,63-37-,64-39-,65-41-,66-43-,67-45-,68-47-,69-49-,70-54-/t71-,72+,73-,74-,77-,78+,79-,80-,83-,84-,85-,86-,87-,88-,95+,96-/m1/s1. The maximum Gasteiger partial charge on any atom is 0.483 e. The minimum absolute atomic E-state index is 0.0538. The fourth-order valence-electron chi connectivity index (χ4n) is 14.3. The fraction of sp³-hybridized carbons (Fsp3) is 0.667. The van der Waals surface area contributed by atoms with Gasteiger partial charge in [-0.25, -0.2) is 9.13 Å². The summed E-state index contributed by atoms with van der Waals surface area (Å²) in [6.45, 7) is 29.8. The van der Waals surface area contributed by atoms with Crippen molar-refractivity contribution in [1.29, 1.82) is 0 Å². The van der Waals surface area contributed by atoms with Crippen molar-refractivity contribution in [1.82, 2.24) is 42.5 Å². The zero-order valence-corrected chi connectivity index (χ0v) is 84.0. The molecule has 134 heavy (non-hydrogen) atoms. The van der Waals surface area contributed by atoms with Crippen molar-refractivity contribution in [2.75, 3.05) is 32.9 Å². The second kappa shape index (κ2) is 65.5. The molecule has 760 valence electrons. The second-order valence-corrected chi connectivity index (χ2v) is 38.5. The number of carbonyl (C=O) groups is 10. The summed E-state index contributed by atoms with van der Waals surface area (Å²) < 4.78 is 66.5. The Morgan fingerprint density at radius 1 is 0.425 bits per heavy atom. The lowest BCUT2D eigenvalue weighted by atomic mass is 9.94. The molecule has 2 aliphatic heterocycles. The molecule has 0 aromatic carbocycles. The molecule has 0 spiro atoms. The number of unbranched alkanes of at least 4 members (excludes halogenated alkanes) is 1. The van der Waals surface area contributed by atoms with Gasteiger partial charge in [0.2, 0.25) is 53.2 Å². The Morgan fingerprint density at radius 2 is 0.813 bits per heavy atom. The number of aliphatic carboxylic acids is 1. The minimum atomic E-state index is -5.95. The highest BCUT2D eigenvalue weighted by atomic mass is 31.3. The molecule has 36 nitrogen and oxygen atoms in total. The Balaban J connectivity index is 2.11. The molecule has 0 aromatic heterocycles. The van der Waals surface area contributed by atoms with Gasteiger partial charge in [0.1, 0.15) is 85.0 Å². The van der Waals surface area contributed by atoms with E-state index in [2.05, 4.69) is 177 Å². The third-order valence-electron chi connectivity index (χ3n) is 22.6. The number of primary amides is 1. The van der Waals surface area contributed by atoms with Gasteiger partial charge in [0, 0.05) is 26.8 Å². The van der Waals surface area contributed by atoms with E-state index in [1.165, 1.54) is 70.1 Å². The largest absolute Gasteiger partial charge is 0.483 e. The zero-order valence-electron chi connectivity index (χ0n) is 82.2. The van der Waals surface area contributed by atoms with Crippen LogP contribution in [0.25, 0.3) is 0 Å². The van der Waals surface area contributed by atoms with E-state index in [1.807, 2.05) is 6.92 Å². The summed E-state index contributed by atoms with van der Waals surface area (Å²) >= 11 is 0. The Labute approximate surface area is 793 Å². The minimum Gasteiger partial charge on any atom is -0.480 e. The smallest absolute Gasteiger partial charge is 0.480 e. The normalized spacial score (nSPS) is 22.1. The predicted molar refractivity (Wildman–Crippen MR) is 514 cm³/mol. The van der Waals surface area contributed by atoms with Crippen molar-refractivity contribution in [2.24, 2.45) is 11.5 Å². The number of aliphatic hydroxyl groups excluding tert-OH is 4. The van der Waals surface area contributed by atoms with Gasteiger partial charge in [-0.05, 0) is 265 Å². The molecule has 2 heterocycles. The lowest BCUT2D eigenvalue weighted by Gasteiger charge is -2.49. The first-order valence-corrected chi connectivity index (χ1v) is 49.6. The van der Waals surface area contributed by atoms with Crippen molar-refractivity contribution in [3.8, 4) is 0 Å². The molecule has 2 fully saturated rings. The van der Waals surface area contributed by atoms with Crippen molar-refractivity contribution in [3.63, 3.8) is 0 Å². The van der Waals surface area contributed by atoms with Crippen molar-refractivity contribution >= 4 is 74.8 Å². The molecular weight excluding hydrogens is 1770 g/mol. The SMILES string of the molecule is CC(=O)N[C@H]1[C@H](O[C@H]2[C@H](O[C@H](C)C(=O)N[C@@H](C)C(=O)N[C@H](CCC(=O)N[C@@H](CCCCNC(=O)CN)C(=O)N[C@H](C)C(=O)N[C@H](C)C(=O)O)C(N)=O)[C@@H](NC(C)=O)[C@@H](OP(=O)(O)OP(=O)(O)OC/C=C(/C)CC/C=C(/C)CC/C=C(/C)CC/C=C(/C)CC/C=C(/C)CC/C=C(/C)CC/C=C(/C)CC/C=C(/C)CC/C=C(\C)CC/C=C(\C)CCC=C(C)C)O[C@@H]2CO)O[C@H](CO)[C@@H](O)[C@@H]1O. The first-order valence-electron chi connectivity index (χ1n) is 46.6. The number of amides is 9. The quantitative estimate of drug-likeness (QED) is 0.0153. The molecule has 0 saturated carbocycles. The van der Waals surface area contributed by atoms with E-state index in [4.69, 9.17) is 39.5 Å². The molecule has 0 radical (unpaired) electrons. The first kappa shape index (κ1) is 122. The number of allylic oxidation sites excluding steroid dienone is 21. The number of carboxylic acids is 1. The van der Waals surface area contributed by atoms with Crippen LogP contribution >= 0.6 is 15.6 Å². The van der Waals surface area contributed by atoms with E-state index in [0.29, 0.717) is 19.3 Å². The number of nitrogens with one attached hydrogen (secondary N) is 8. The van der Waals surface area contributed by atoms with Crippen molar-refractivity contribution in [3.05, 3.63) is 128 Å². The van der Waals surface area contributed by atoms with Crippen LogP contribution in [0, 0.1) is 0 Å². The van der Waals surface area contributed by atoms with Gasteiger partial charge < -0.3 is 108 Å². The third kappa shape index (κ3) is 52.3. The van der Waals surface area contributed by atoms with Gasteiger partial charge in [0.05, 0.1) is 26.4 Å². The summed E-state index contributed by atoms with van der Waals surface area (Å²) in [5.41, 5.74) is 25.7. The zero-order chi connectivity index (χ0) is 101. The number of hydrogen-bond acceptors (Lipinski definition) is 24. The molecular formula is C96H160N10O26P2. The number of hydrogen-bond donors (Lipinski definition) is 17. The van der Waals surface area contributed by atoms with E-state index in [-0.39, 0.29) is 25.9 Å². The molecule has 9 amide bonds. The highest BCUT2D eigenvalue weighted by Gasteiger charge is 2.55. The van der Waals surface area contributed by atoms with Gasteiger partial charge in [0.25, 0.3) is 0 Å². The fourth-order valence-corrected chi connectivity index (χ4v) is 16.4. The van der Waals surface area contributed by atoms with Crippen LogP contribution in [-0.2, 0) is 89.4 Å². The molecule has 38 heteroatoms. The number of ether oxygens (including phenoxy) is 4. The molecule has 2 saturated heterocycles. The summed E-state index contributed by atoms with van der Waals surface area (Å²) in [5, 5.41) is 71.4. The van der Waals surface area contributed by atoms with Crippen LogP contribution in [0.5, 0.6) is 0 Å². The topological polar surface area (TPSA) is 559 Å². The molecule has 2 aliphatic rings. The Kier molecular flexibility index (Phi) is 59.6. The molecule has 19 N–H and O–H groups in total. The first-order chi connectivity index (χ1) is 63.0. The maximum absolute atomic E-state index is 14.2. The van der Waals surface area contributed by atoms with E-state index in [0.717, 1.165) is 154 Å². The molecule has 2 rings (SSSR count). The van der Waals surface area contributed by atoms with Gasteiger partial charge in [0.15, 0.2) is 12.6 Å². The van der Waals surface area contributed by atoms with Gasteiger partial charge in [-0.15, -0.1) is 0 Å². The highest BCUT2D eigenvalue weighted by Crippen LogP contribution is 2.61. The Bertz CT molecular complexity index is 4230. The van der Waals surface area contributed by atoms with Crippen LogP contribution in [0.2, 0.25) is 0 Å². The number of rotatable bonds is 65. The Morgan fingerprint density at radius 3 is 1.21 bits per heavy atom. The molecule has 0 bridgehead atoms. The molecule has 0 aliphatic carbocycles. The number of nitrogens with two attached hydrogens (primary N) is 2. The summed E-state index contributed by atoms with van der Waals surface area (Å²) in [6, 6.07) is -10.9. The van der Waals surface area contributed by atoms with E-state index in [1.54, 1.807) is 6.92 Å². The summed E-state index contributed by atoms with van der Waals surface area (Å²) in [7, 11) is -11.5. The number of phosphoric ester groups is 2. The summed E-state index contributed by atoms with van der Waals surface area (Å²) in [5.74, 6) is -9.57. The maximum atomic E-state index is 14.2. The third-order valence-corrected chi connectivity index (χ3v) is 25.2. The molecule has 0 aromatic rings. The van der Waals surface area contributed by atoms with E-state index in [9.17, 15) is 92.4 Å². The van der Waals surface area contributed by atoms with Gasteiger partial charge in [-0.3, -0.25) is 57.0 Å². The van der Waals surface area contributed by atoms with Crippen LogP contribution in [-0.4, -0.2) is 225 Å². The van der Waals surface area contributed by atoms with E-state index < -0.39 is 205 Å². The lowest BCUT2D eigenvalue weighted by Crippen LogP contribution is -2.70. The monoisotopic (exact) mass is 1930 g/mol. The summed E-state index contributed by atoms with van der Waals surface area (Å²) in [6.07, 6.45) is 26.8. The number of carbonyl (C=O) groups excluding carboxylic acids is 9. The Hall–Kier alpha value is -8.26. The van der Waals surface area contributed by atoms with E-state index >= 15 is 0 Å². The number of phosphoric acid groups is 2. The van der Waals surface area contributed by atoms with Crippen LogP contribution < -0.4 is 54.0 Å². The predicted octanol–water partition coefficient (Wildman–Crippen LogP) is 10.9. The van der Waals surface area contributed by atoms with Crippen molar-refractivity contribution < 1.29 is 125 Å². The number of carboxylic acid groups (broad SMARTS) is 1. The average molecular weight is 1930 g/mol. The van der Waals surface area contributed by atoms with Crippen molar-refractivity contribution in [2.45, 2.75) is 383 Å². The molecule has 2 unspecified atom stereocenters. The lowest BCUT2D eigenvalue weighted by molar-refractivity contribution is -0.331. The number of aliphatic hydroxyl groups is 4. The van der Waals surface area contributed by atoms with Gasteiger partial charge >= 0.3 is 21.6 Å². The second-order valence-electron chi connectivity index (χ2n) is 35.5. The van der Waals surface area contributed by atoms with Crippen LogP contribution in [0.15, 0.2) is 128 Å². The summed E-state index contributed by atoms with van der Waals surface area (Å²) in [4.78, 5) is 151. The highest BCUT2D eigenvalue weighted by molar-refractivity contribution is 7.61. The van der Waals surface area contributed by atoms with Crippen LogP contribution in [0.3, 0.4) is 0 Å². The van der Waals surface area contributed by atoms with Gasteiger partial charge in [-0.2, -0.15) is 4.31 Å². The van der Waals surface area contributed by atoms with Crippen LogP contribution in [0.4, 0.5) is 0 Å². The van der Waals surface area contributed by atoms with Gasteiger partial charge in [-0.1, -0.05) is 128 Å². The van der Waals surface area contributed by atoms with Crippen LogP contribution in [0.1, 0.15) is 285 Å². The molecule has 18 atom stereocenters. The average Bonchev–Trinajstić information content (AvgIpc) is 0.764.